The van der Waals surface area contributed by atoms with Crippen molar-refractivity contribution in [3.8, 4) is 28.7 Å². The first-order valence-electron chi connectivity index (χ1n) is 51.0. The number of nitrogens with two attached hydrogens (primary N) is 2. The van der Waals surface area contributed by atoms with Gasteiger partial charge in [0.05, 0.1) is 227 Å². The number of anilines is 2. The number of aromatic amines is 1. The number of benzene rings is 4. The second kappa shape index (κ2) is 63.8. The van der Waals surface area contributed by atoms with Gasteiger partial charge in [-0.25, -0.2) is 19.7 Å². The Hall–Kier alpha value is -12.1. The average Bonchev–Trinajstić information content (AvgIpc) is 1.73. The molecule has 0 spiro atoms. The number of carboxylic acids is 1. The molecular weight excluding hydrogens is 1930 g/mol. The molecule has 4 aliphatic rings. The number of carboxylic acid groups (broad SMARTS) is 1. The molecule has 1 aliphatic carbocycles. The van der Waals surface area contributed by atoms with Crippen molar-refractivity contribution in [2.24, 2.45) is 24.4 Å². The van der Waals surface area contributed by atoms with E-state index < -0.39 is 110 Å². The van der Waals surface area contributed by atoms with E-state index in [0.717, 1.165) is 84.2 Å². The van der Waals surface area contributed by atoms with Crippen LogP contribution >= 0.6 is 0 Å². The van der Waals surface area contributed by atoms with E-state index in [1.807, 2.05) is 66.9 Å². The van der Waals surface area contributed by atoms with Crippen molar-refractivity contribution in [3.63, 3.8) is 0 Å². The molecule has 44 heteroatoms. The SMILES string of the molecule is COCCOCCOCCOCCOCCOCCOCCOCCOCCOCCOCCOCCC(=O)NCCCC[C@H](N)C(=O)NCC(=O)N[C@@H](Cc1ccccc1)C(=O)NCC(=O)NCOC[C@](OC1CC1)(c1ccccc1)c1nc(N2CCC(N3CCC(C)(NCC#Cc4ccc(OC)c(N5CCC(=O)N(CNC(=O)[C@@H](CC(N)=O)CC(=O)O)C5=O)c4)CC3)CC2)nc2ccc(-c3cn(C)c(=O)c4[nH]ccc34)cc12. The fraction of sp³-hybridized carbons (Fsp3) is 0.571. The summed E-state index contributed by atoms with van der Waals surface area (Å²) in [5.41, 5.74) is 15.3. The van der Waals surface area contributed by atoms with Crippen molar-refractivity contribution in [1.29, 1.82) is 0 Å². The van der Waals surface area contributed by atoms with Gasteiger partial charge in [0, 0.05) is 125 Å². The second-order valence-electron chi connectivity index (χ2n) is 36.6. The zero-order valence-corrected chi connectivity index (χ0v) is 85.9. The maximum absolute atomic E-state index is 14.1. The molecule has 44 nitrogen and oxygen atoms in total. The lowest BCUT2D eigenvalue weighted by molar-refractivity contribution is -0.142. The number of unbranched alkanes of at least 4 members (excludes halogenated alkanes) is 1. The first-order chi connectivity index (χ1) is 72.4. The van der Waals surface area contributed by atoms with Gasteiger partial charge in [-0.05, 0) is 118 Å². The van der Waals surface area contributed by atoms with Crippen molar-refractivity contribution in [1.82, 2.24) is 66.5 Å². The molecule has 3 aromatic heterocycles. The monoisotopic (exact) mass is 2080 g/mol. The van der Waals surface area contributed by atoms with Crippen LogP contribution in [0, 0.1) is 17.8 Å². The number of hydrogen-bond acceptors (Lipinski definition) is 32. The van der Waals surface area contributed by atoms with E-state index in [4.69, 9.17) is 92.5 Å². The predicted molar refractivity (Wildman–Crippen MR) is 550 cm³/mol. The van der Waals surface area contributed by atoms with Crippen LogP contribution < -0.4 is 68.8 Å². The number of nitrogens with one attached hydrogen (secondary N) is 8. The van der Waals surface area contributed by atoms with Crippen LogP contribution in [-0.2, 0) is 129 Å². The number of carbonyl (C=O) groups excluding carboxylic acids is 9. The summed E-state index contributed by atoms with van der Waals surface area (Å²) in [6.45, 7) is 14.0. The third-order valence-electron chi connectivity index (χ3n) is 25.5. The molecule has 6 heterocycles. The number of carbonyl (C=O) groups is 10. The lowest BCUT2D eigenvalue weighted by Gasteiger charge is -2.45. The number of urea groups is 1. The molecule has 4 atom stereocenters. The molecule has 149 heavy (non-hydrogen) atoms. The van der Waals surface area contributed by atoms with Crippen molar-refractivity contribution in [3.05, 3.63) is 148 Å². The van der Waals surface area contributed by atoms with E-state index in [2.05, 4.69) is 70.8 Å². The molecular formula is C105H147N17O27. The molecule has 7 aromatic rings. The second-order valence-corrected chi connectivity index (χ2v) is 36.6. The number of ether oxygens (including phenoxy) is 15. The number of methoxy groups -OCH3 is 2. The normalized spacial score (nSPS) is 15.5. The van der Waals surface area contributed by atoms with Gasteiger partial charge in [0.15, 0.2) is 5.60 Å². The molecule has 0 unspecified atom stereocenters. The lowest BCUT2D eigenvalue weighted by Crippen LogP contribution is -2.56. The number of likely N-dealkylation sites (tertiary alicyclic amines) is 1. The highest BCUT2D eigenvalue weighted by atomic mass is 16.6. The van der Waals surface area contributed by atoms with Crippen LogP contribution in [0.5, 0.6) is 5.75 Å². The zero-order chi connectivity index (χ0) is 106. The smallest absolute Gasteiger partial charge is 0.332 e. The first-order valence-corrected chi connectivity index (χ1v) is 51.0. The van der Waals surface area contributed by atoms with E-state index in [0.29, 0.717) is 229 Å². The number of amides is 10. The Balaban J connectivity index is 0.587. The number of imide groups is 1. The number of fused-ring (bicyclic) bond motifs is 2. The van der Waals surface area contributed by atoms with Gasteiger partial charge in [0.25, 0.3) is 5.56 Å². The van der Waals surface area contributed by atoms with E-state index in [1.165, 1.54) is 12.0 Å². The van der Waals surface area contributed by atoms with Gasteiger partial charge in [-0.1, -0.05) is 78.6 Å². The largest absolute Gasteiger partial charge is 0.495 e. The van der Waals surface area contributed by atoms with Crippen LogP contribution in [0.25, 0.3) is 32.9 Å². The van der Waals surface area contributed by atoms with E-state index in [9.17, 15) is 57.8 Å². The van der Waals surface area contributed by atoms with Gasteiger partial charge in [0.2, 0.25) is 53.2 Å². The Morgan fingerprint density at radius 3 is 1.79 bits per heavy atom. The number of aryl methyl sites for hydroxylation is 1. The molecule has 4 fully saturated rings. The molecule has 814 valence electrons. The van der Waals surface area contributed by atoms with Crippen LogP contribution in [-0.4, -0.2) is 369 Å². The van der Waals surface area contributed by atoms with Crippen molar-refractivity contribution in [2.45, 2.75) is 132 Å². The van der Waals surface area contributed by atoms with Crippen LogP contribution in [0.3, 0.4) is 0 Å². The lowest BCUT2D eigenvalue weighted by atomic mass is 9.87. The van der Waals surface area contributed by atoms with Gasteiger partial charge in [-0.2, -0.15) is 0 Å². The van der Waals surface area contributed by atoms with Crippen molar-refractivity contribution >= 4 is 92.7 Å². The van der Waals surface area contributed by atoms with Crippen LogP contribution in [0.2, 0.25) is 0 Å². The highest BCUT2D eigenvalue weighted by molar-refractivity contribution is 6.07. The fourth-order valence-electron chi connectivity index (χ4n) is 17.1. The summed E-state index contributed by atoms with van der Waals surface area (Å²) >= 11 is 0. The number of H-pyrrole nitrogens is 1. The molecule has 11 rings (SSSR count). The topological polar surface area (TPSA) is 542 Å². The fourth-order valence-corrected chi connectivity index (χ4v) is 17.1. The summed E-state index contributed by atoms with van der Waals surface area (Å²) < 4.78 is 86.6. The van der Waals surface area contributed by atoms with Crippen molar-refractivity contribution in [2.75, 3.05) is 255 Å². The standard InChI is InChI=1S/C105H147N17O27/c1-104(114-34-13-16-76-20-25-89(136-4)88(65-76)121-38-29-94(127)122(103(121)134)73-112-98(130)78(67-90(107)123)68-95(128)129)31-39-119(40-32-104)80-27-36-120(37-28-80)102-116-86-24-21-77(84-71-118(2)101(133)96-82(84)26-35-109-96)66-83(86)97(117-102)105(149-81-22-23-81,79-17-9-6-10-18-79)72-148-74-113-92(125)69-111-100(132)87(64-75-14-7-5-8-15-75)115-93(126)70-110-99(131)85(106)19-11-12-33-108-91(124)30-41-137-44-45-139-48-49-141-52-53-143-56-57-145-60-61-147-63-62-146-59-58-144-55-54-142-51-50-140-47-46-138-43-42-135-3/h5-10,14-15,17-18,20-21,24-26,35,65-66,71,78,80-81,85,87,109,114H,11-12,19,22-23,27-34,36-64,67-70,72-74,106H2,1-4H3,(H2,107,123)(H,108,124)(H,110,131)(H,111,132)(H,112,130)(H,113,125)(H,115,126)(H,128,129)/t78-,85-,87-,105-/m0/s1. The molecule has 3 saturated heterocycles. The molecule has 4 aromatic carbocycles. The Kier molecular flexibility index (Phi) is 50.2. The quantitative estimate of drug-likeness (QED) is 0.0148. The minimum absolute atomic E-state index is 0.0105. The number of primary amides is 1. The maximum atomic E-state index is 14.1. The molecule has 0 bridgehead atoms. The van der Waals surface area contributed by atoms with E-state index >= 15 is 0 Å². The third-order valence-corrected chi connectivity index (χ3v) is 25.5. The Labute approximate surface area is 867 Å². The van der Waals surface area contributed by atoms with Crippen LogP contribution in [0.4, 0.5) is 16.4 Å². The Morgan fingerprint density at radius 1 is 0.604 bits per heavy atom. The number of hydrogen-bond donors (Lipinski definition) is 11. The predicted octanol–water partition coefficient (Wildman–Crippen LogP) is 3.45. The molecule has 13 N–H and O–H groups in total. The minimum Gasteiger partial charge on any atom is -0.495 e. The number of rotatable bonds is 72. The summed E-state index contributed by atoms with van der Waals surface area (Å²) in [6.07, 6.45) is 8.47. The minimum atomic E-state index is -1.42. The van der Waals surface area contributed by atoms with Crippen molar-refractivity contribution < 1.29 is 124 Å². The summed E-state index contributed by atoms with van der Waals surface area (Å²) in [4.78, 5) is 165. The summed E-state index contributed by atoms with van der Waals surface area (Å²) in [7, 11) is 4.80. The average molecular weight is 2080 g/mol. The van der Waals surface area contributed by atoms with E-state index in [1.54, 1.807) is 67.4 Å². The highest BCUT2D eigenvalue weighted by Gasteiger charge is 2.46. The molecule has 3 aliphatic heterocycles. The number of piperidine rings is 2. The third kappa shape index (κ3) is 39.3. The molecule has 1 saturated carbocycles. The number of aromatic nitrogens is 4. The summed E-state index contributed by atoms with van der Waals surface area (Å²) in [5.74, 6) is -0.331. The van der Waals surface area contributed by atoms with Gasteiger partial charge in [-0.3, -0.25) is 52.8 Å². The summed E-state index contributed by atoms with van der Waals surface area (Å²) in [6, 6.07) is 29.1. The zero-order valence-electron chi connectivity index (χ0n) is 85.9. The maximum Gasteiger partial charge on any atom is 0.332 e. The molecule has 10 amide bonds. The van der Waals surface area contributed by atoms with Gasteiger partial charge >= 0.3 is 12.0 Å². The van der Waals surface area contributed by atoms with Gasteiger partial charge in [-0.15, -0.1) is 0 Å². The van der Waals surface area contributed by atoms with Gasteiger partial charge < -0.3 is 144 Å². The summed E-state index contributed by atoms with van der Waals surface area (Å²) in [5, 5.41) is 30.5. The number of pyridine rings is 1. The van der Waals surface area contributed by atoms with Crippen LogP contribution in [0.1, 0.15) is 113 Å². The van der Waals surface area contributed by atoms with E-state index in [-0.39, 0.29) is 81.3 Å². The van der Waals surface area contributed by atoms with Crippen LogP contribution in [0.15, 0.2) is 120 Å². The Morgan fingerprint density at radius 2 is 1.19 bits per heavy atom. The molecule has 0 radical (unpaired) electrons. The number of aliphatic carboxylic acids is 1. The van der Waals surface area contributed by atoms with Gasteiger partial charge in [0.1, 0.15) is 30.7 Å². The highest BCUT2D eigenvalue weighted by Crippen LogP contribution is 2.45. The Bertz CT molecular complexity index is 5490. The number of nitrogens with zero attached hydrogens (tertiary/aromatic N) is 7. The first kappa shape index (κ1) is 117.